The maximum atomic E-state index is 12.0. The molecule has 0 atom stereocenters. The summed E-state index contributed by atoms with van der Waals surface area (Å²) in [5.41, 5.74) is 2.03. The summed E-state index contributed by atoms with van der Waals surface area (Å²) in [5.74, 6) is 1.10. The molecule has 0 radical (unpaired) electrons. The number of piperidine rings is 1. The first kappa shape index (κ1) is 16.5. The molecule has 1 aromatic rings. The van der Waals surface area contributed by atoms with Crippen molar-refractivity contribution >= 4 is 10.0 Å². The third kappa shape index (κ3) is 4.05. The summed E-state index contributed by atoms with van der Waals surface area (Å²) in [5, 5.41) is 7.43. The molecular weight excluding hydrogens is 290 g/mol. The maximum absolute atomic E-state index is 12.0. The summed E-state index contributed by atoms with van der Waals surface area (Å²) in [6.45, 7) is 7.70. The van der Waals surface area contributed by atoms with E-state index >= 15 is 0 Å². The van der Waals surface area contributed by atoms with Crippen molar-refractivity contribution in [3.63, 3.8) is 0 Å². The second-order valence-corrected chi connectivity index (χ2v) is 7.76. The summed E-state index contributed by atoms with van der Waals surface area (Å²) in [7, 11) is -3.05. The average molecular weight is 315 g/mol. The Balaban J connectivity index is 1.82. The molecule has 0 unspecified atom stereocenters. The van der Waals surface area contributed by atoms with E-state index in [2.05, 4.69) is 10.5 Å². The van der Waals surface area contributed by atoms with E-state index in [0.29, 0.717) is 25.6 Å². The zero-order chi connectivity index (χ0) is 15.5. The van der Waals surface area contributed by atoms with Crippen molar-refractivity contribution in [2.45, 2.75) is 52.6 Å². The highest BCUT2D eigenvalue weighted by atomic mass is 32.2. The molecule has 0 amide bonds. The second kappa shape index (κ2) is 6.89. The van der Waals surface area contributed by atoms with E-state index in [0.717, 1.165) is 36.4 Å². The molecule has 1 aromatic heterocycles. The molecule has 7 heteroatoms. The molecule has 21 heavy (non-hydrogen) atoms. The first-order valence-corrected chi connectivity index (χ1v) is 9.18. The molecule has 120 valence electrons. The summed E-state index contributed by atoms with van der Waals surface area (Å²) in [6, 6.07) is 0.353. The van der Waals surface area contributed by atoms with Gasteiger partial charge in [0.05, 0.1) is 11.4 Å². The standard InChI is InChI=1S/C14H25N3O3S/c1-4-9-21(18,19)17-7-5-13(6-8-17)15-10-14-11(2)16-20-12(14)3/h13,15H,4-10H2,1-3H3. The lowest BCUT2D eigenvalue weighted by Gasteiger charge is -2.31. The van der Waals surface area contributed by atoms with Gasteiger partial charge >= 0.3 is 0 Å². The average Bonchev–Trinajstić information content (AvgIpc) is 2.76. The number of nitrogens with one attached hydrogen (secondary N) is 1. The van der Waals surface area contributed by atoms with Crippen LogP contribution in [0.5, 0.6) is 0 Å². The minimum atomic E-state index is -3.05. The van der Waals surface area contributed by atoms with Crippen LogP contribution in [0.4, 0.5) is 0 Å². The van der Waals surface area contributed by atoms with E-state index in [4.69, 9.17) is 4.52 Å². The van der Waals surface area contributed by atoms with Gasteiger partial charge in [-0.25, -0.2) is 12.7 Å². The van der Waals surface area contributed by atoms with Crippen LogP contribution in [0.2, 0.25) is 0 Å². The lowest BCUT2D eigenvalue weighted by molar-refractivity contribution is 0.288. The van der Waals surface area contributed by atoms with Gasteiger partial charge in [0.2, 0.25) is 10.0 Å². The highest BCUT2D eigenvalue weighted by Gasteiger charge is 2.27. The lowest BCUT2D eigenvalue weighted by atomic mass is 10.1. The molecular formula is C14H25N3O3S. The quantitative estimate of drug-likeness (QED) is 0.862. The van der Waals surface area contributed by atoms with Gasteiger partial charge in [0, 0.05) is 31.2 Å². The normalized spacial score (nSPS) is 18.2. The van der Waals surface area contributed by atoms with Crippen LogP contribution in [0.15, 0.2) is 4.52 Å². The molecule has 0 aliphatic carbocycles. The Morgan fingerprint density at radius 1 is 1.33 bits per heavy atom. The first-order valence-electron chi connectivity index (χ1n) is 7.57. The summed E-state index contributed by atoms with van der Waals surface area (Å²) >= 11 is 0. The monoisotopic (exact) mass is 315 g/mol. The number of hydrogen-bond donors (Lipinski definition) is 1. The van der Waals surface area contributed by atoms with Crippen LogP contribution >= 0.6 is 0 Å². The van der Waals surface area contributed by atoms with Gasteiger partial charge in [-0.15, -0.1) is 0 Å². The SMILES string of the molecule is CCCS(=O)(=O)N1CCC(NCc2c(C)noc2C)CC1. The largest absolute Gasteiger partial charge is 0.361 e. The minimum absolute atomic E-state index is 0.254. The topological polar surface area (TPSA) is 75.4 Å². The molecule has 1 aliphatic rings. The zero-order valence-electron chi connectivity index (χ0n) is 13.1. The Kier molecular flexibility index (Phi) is 5.40. The van der Waals surface area contributed by atoms with Crippen molar-refractivity contribution in [2.24, 2.45) is 0 Å². The summed E-state index contributed by atoms with van der Waals surface area (Å²) in [6.07, 6.45) is 2.38. The number of aromatic nitrogens is 1. The van der Waals surface area contributed by atoms with Crippen molar-refractivity contribution in [3.05, 3.63) is 17.0 Å². The molecule has 2 heterocycles. The molecule has 1 fully saturated rings. The molecule has 1 saturated heterocycles. The van der Waals surface area contributed by atoms with Crippen LogP contribution < -0.4 is 5.32 Å². The Bertz CT molecular complexity index is 541. The molecule has 1 aliphatic heterocycles. The van der Waals surface area contributed by atoms with E-state index in [1.165, 1.54) is 0 Å². The number of nitrogens with zero attached hydrogens (tertiary/aromatic N) is 2. The molecule has 0 saturated carbocycles. The third-order valence-electron chi connectivity index (χ3n) is 4.06. The zero-order valence-corrected chi connectivity index (χ0v) is 13.9. The lowest BCUT2D eigenvalue weighted by Crippen LogP contribution is -2.45. The van der Waals surface area contributed by atoms with Crippen molar-refractivity contribution in [3.8, 4) is 0 Å². The highest BCUT2D eigenvalue weighted by molar-refractivity contribution is 7.89. The van der Waals surface area contributed by atoms with Crippen molar-refractivity contribution < 1.29 is 12.9 Å². The predicted molar refractivity (Wildman–Crippen MR) is 81.5 cm³/mol. The Morgan fingerprint density at radius 3 is 2.52 bits per heavy atom. The van der Waals surface area contributed by atoms with Gasteiger partial charge in [0.1, 0.15) is 5.76 Å². The van der Waals surface area contributed by atoms with E-state index < -0.39 is 10.0 Å². The number of aryl methyl sites for hydroxylation is 2. The Hall–Kier alpha value is -0.920. The molecule has 2 rings (SSSR count). The number of sulfonamides is 1. The van der Waals surface area contributed by atoms with Crippen LogP contribution in [-0.2, 0) is 16.6 Å². The van der Waals surface area contributed by atoms with Gasteiger partial charge in [0.25, 0.3) is 0 Å². The maximum Gasteiger partial charge on any atom is 0.214 e. The fraction of sp³-hybridized carbons (Fsp3) is 0.786. The highest BCUT2D eigenvalue weighted by Crippen LogP contribution is 2.17. The van der Waals surface area contributed by atoms with Crippen molar-refractivity contribution in [2.75, 3.05) is 18.8 Å². The van der Waals surface area contributed by atoms with Gasteiger partial charge < -0.3 is 9.84 Å². The van der Waals surface area contributed by atoms with E-state index in [1.807, 2.05) is 20.8 Å². The van der Waals surface area contributed by atoms with Crippen LogP contribution in [0.25, 0.3) is 0 Å². The summed E-state index contributed by atoms with van der Waals surface area (Å²) in [4.78, 5) is 0. The smallest absolute Gasteiger partial charge is 0.214 e. The van der Waals surface area contributed by atoms with E-state index in [9.17, 15) is 8.42 Å². The van der Waals surface area contributed by atoms with Gasteiger partial charge in [-0.3, -0.25) is 0 Å². The fourth-order valence-electron chi connectivity index (χ4n) is 2.73. The predicted octanol–water partition coefficient (Wildman–Crippen LogP) is 1.59. The Labute approximate surface area is 126 Å². The van der Waals surface area contributed by atoms with Crippen LogP contribution in [0.3, 0.4) is 0 Å². The second-order valence-electron chi connectivity index (χ2n) is 5.67. The van der Waals surface area contributed by atoms with Crippen molar-refractivity contribution in [1.82, 2.24) is 14.8 Å². The van der Waals surface area contributed by atoms with Crippen LogP contribution in [0.1, 0.15) is 43.2 Å². The van der Waals surface area contributed by atoms with Gasteiger partial charge in [-0.05, 0) is 33.1 Å². The fourth-order valence-corrected chi connectivity index (χ4v) is 4.27. The van der Waals surface area contributed by atoms with Gasteiger partial charge in [0.15, 0.2) is 0 Å². The molecule has 0 spiro atoms. The van der Waals surface area contributed by atoms with Crippen LogP contribution in [-0.4, -0.2) is 42.8 Å². The third-order valence-corrected chi connectivity index (χ3v) is 6.13. The van der Waals surface area contributed by atoms with E-state index in [-0.39, 0.29) is 5.75 Å². The molecule has 1 N–H and O–H groups in total. The first-order chi connectivity index (χ1) is 9.94. The minimum Gasteiger partial charge on any atom is -0.361 e. The summed E-state index contributed by atoms with van der Waals surface area (Å²) < 4.78 is 30.8. The number of rotatable bonds is 6. The van der Waals surface area contributed by atoms with Gasteiger partial charge in [-0.1, -0.05) is 12.1 Å². The Morgan fingerprint density at radius 2 is 2.00 bits per heavy atom. The number of hydrogen-bond acceptors (Lipinski definition) is 5. The molecule has 0 bridgehead atoms. The molecule has 6 nitrogen and oxygen atoms in total. The van der Waals surface area contributed by atoms with Crippen molar-refractivity contribution in [1.29, 1.82) is 0 Å². The van der Waals surface area contributed by atoms with Gasteiger partial charge in [-0.2, -0.15) is 0 Å². The van der Waals surface area contributed by atoms with E-state index in [1.54, 1.807) is 4.31 Å². The molecule has 0 aromatic carbocycles. The van der Waals surface area contributed by atoms with Crippen LogP contribution in [0, 0.1) is 13.8 Å².